The molecule has 0 atom stereocenters. The second kappa shape index (κ2) is 4.52. The van der Waals surface area contributed by atoms with Crippen LogP contribution in [-0.4, -0.2) is 10.1 Å². The average molecular weight is 223 g/mol. The molecule has 0 saturated carbocycles. The third kappa shape index (κ3) is 2.10. The van der Waals surface area contributed by atoms with Gasteiger partial charge in [0.15, 0.2) is 0 Å². The Morgan fingerprint density at radius 3 is 2.64 bits per heavy atom. The van der Waals surface area contributed by atoms with Crippen molar-refractivity contribution in [2.75, 3.05) is 5.73 Å². The lowest BCUT2D eigenvalue weighted by atomic mass is 10.1. The lowest BCUT2D eigenvalue weighted by molar-refractivity contribution is 0.147. The highest BCUT2D eigenvalue weighted by Gasteiger charge is 2.18. The van der Waals surface area contributed by atoms with Crippen LogP contribution >= 0.6 is 11.6 Å². The van der Waals surface area contributed by atoms with Gasteiger partial charge in [0, 0.05) is 5.69 Å². The molecule has 0 bridgehead atoms. The topological polar surface area (TPSA) is 59.1 Å². The summed E-state index contributed by atoms with van der Waals surface area (Å²) in [7, 11) is 0. The Morgan fingerprint density at radius 2 is 2.21 bits per heavy atom. The number of rotatable bonds is 3. The Bertz CT molecular complexity index is 333. The van der Waals surface area contributed by atoms with Crippen molar-refractivity contribution >= 4 is 17.3 Å². The molecule has 0 fully saturated rings. The Hall–Kier alpha value is -0.940. The molecule has 14 heavy (non-hydrogen) atoms. The van der Waals surface area contributed by atoms with Crippen LogP contribution in [0.2, 0.25) is 0 Å². The number of halogens is 3. The molecule has 1 heterocycles. The summed E-state index contributed by atoms with van der Waals surface area (Å²) >= 11 is 5.47. The fourth-order valence-corrected chi connectivity index (χ4v) is 1.27. The molecule has 0 amide bonds. The van der Waals surface area contributed by atoms with Crippen molar-refractivity contribution in [1.29, 1.82) is 0 Å². The number of nitrogens with zero attached hydrogens (tertiary/aromatic N) is 1. The van der Waals surface area contributed by atoms with Crippen molar-refractivity contribution in [3.8, 4) is 0 Å². The van der Waals surface area contributed by atoms with Gasteiger partial charge in [0.25, 0.3) is 6.43 Å². The van der Waals surface area contributed by atoms with Gasteiger partial charge in [-0.05, 0) is 6.07 Å². The monoisotopic (exact) mass is 222 g/mol. The summed E-state index contributed by atoms with van der Waals surface area (Å²) in [6, 6.07) is 1.29. The summed E-state index contributed by atoms with van der Waals surface area (Å²) in [6.07, 6.45) is -2.74. The second-order valence-corrected chi connectivity index (χ2v) is 2.92. The molecule has 0 aliphatic carbocycles. The van der Waals surface area contributed by atoms with E-state index >= 15 is 0 Å². The summed E-state index contributed by atoms with van der Waals surface area (Å²) < 4.78 is 24.9. The van der Waals surface area contributed by atoms with Crippen LogP contribution in [0.4, 0.5) is 14.5 Å². The van der Waals surface area contributed by atoms with Crippen LogP contribution in [0.1, 0.15) is 23.4 Å². The van der Waals surface area contributed by atoms with E-state index in [1.807, 2.05) is 0 Å². The van der Waals surface area contributed by atoms with E-state index in [9.17, 15) is 8.78 Å². The summed E-state index contributed by atoms with van der Waals surface area (Å²) in [5.74, 6) is 0.0702. The van der Waals surface area contributed by atoms with E-state index in [4.69, 9.17) is 22.4 Å². The smallest absolute Gasteiger partial charge is 0.267 e. The summed E-state index contributed by atoms with van der Waals surface area (Å²) in [6.45, 7) is -0.575. The van der Waals surface area contributed by atoms with Crippen LogP contribution in [0.15, 0.2) is 6.07 Å². The minimum Gasteiger partial charge on any atom is -0.398 e. The third-order valence-corrected chi connectivity index (χ3v) is 2.00. The molecule has 78 valence electrons. The highest BCUT2D eigenvalue weighted by atomic mass is 35.5. The first-order chi connectivity index (χ1) is 6.60. The Balaban J connectivity index is 3.27. The fourth-order valence-electron chi connectivity index (χ4n) is 1.13. The molecule has 3 nitrogen and oxygen atoms in total. The number of anilines is 1. The number of hydrogen-bond acceptors (Lipinski definition) is 3. The van der Waals surface area contributed by atoms with Crippen LogP contribution in [0.5, 0.6) is 0 Å². The van der Waals surface area contributed by atoms with Crippen molar-refractivity contribution in [3.05, 3.63) is 23.0 Å². The summed E-state index contributed by atoms with van der Waals surface area (Å²) in [4.78, 5) is 3.75. The minimum atomic E-state index is -2.74. The molecule has 0 spiro atoms. The molecule has 0 aliphatic heterocycles. The molecule has 0 aromatic carbocycles. The first-order valence-corrected chi connectivity index (χ1v) is 4.36. The van der Waals surface area contributed by atoms with Crippen molar-refractivity contribution in [2.24, 2.45) is 0 Å². The van der Waals surface area contributed by atoms with Crippen LogP contribution in [0.3, 0.4) is 0 Å². The summed E-state index contributed by atoms with van der Waals surface area (Å²) in [5, 5.41) is 8.82. The van der Waals surface area contributed by atoms with Crippen LogP contribution in [-0.2, 0) is 12.5 Å². The Morgan fingerprint density at radius 1 is 1.57 bits per heavy atom. The van der Waals surface area contributed by atoms with Gasteiger partial charge in [-0.1, -0.05) is 0 Å². The Kier molecular flexibility index (Phi) is 3.60. The normalized spacial score (nSPS) is 10.9. The SMILES string of the molecule is Nc1cc(CCl)nc(CO)c1C(F)F. The van der Waals surface area contributed by atoms with Gasteiger partial charge in [0.2, 0.25) is 0 Å². The molecular weight excluding hydrogens is 214 g/mol. The standard InChI is InChI=1S/C8H9ClF2N2O/c9-2-4-1-5(12)7(8(10)11)6(3-14)13-4/h1,8,14H,2-3H2,(H2,12,13). The maximum atomic E-state index is 12.4. The maximum Gasteiger partial charge on any atom is 0.267 e. The van der Waals surface area contributed by atoms with Gasteiger partial charge in [-0.25, -0.2) is 8.78 Å². The second-order valence-electron chi connectivity index (χ2n) is 2.66. The van der Waals surface area contributed by atoms with Gasteiger partial charge >= 0.3 is 0 Å². The first kappa shape index (κ1) is 11.1. The van der Waals surface area contributed by atoms with E-state index in [1.54, 1.807) is 0 Å². The van der Waals surface area contributed by atoms with Crippen molar-refractivity contribution in [2.45, 2.75) is 18.9 Å². The average Bonchev–Trinajstić information content (AvgIpc) is 2.15. The van der Waals surface area contributed by atoms with Gasteiger partial charge < -0.3 is 10.8 Å². The highest BCUT2D eigenvalue weighted by molar-refractivity contribution is 6.16. The number of nitrogen functional groups attached to an aromatic ring is 1. The zero-order chi connectivity index (χ0) is 10.7. The molecule has 3 N–H and O–H groups in total. The van der Waals surface area contributed by atoms with E-state index in [1.165, 1.54) is 6.07 Å². The number of pyridine rings is 1. The van der Waals surface area contributed by atoms with Crippen LogP contribution in [0, 0.1) is 0 Å². The fraction of sp³-hybridized carbons (Fsp3) is 0.375. The van der Waals surface area contributed by atoms with Gasteiger partial charge in [0.1, 0.15) is 0 Å². The van der Waals surface area contributed by atoms with Gasteiger partial charge in [-0.2, -0.15) is 0 Å². The maximum absolute atomic E-state index is 12.4. The number of aliphatic hydroxyl groups excluding tert-OH is 1. The highest BCUT2D eigenvalue weighted by Crippen LogP contribution is 2.28. The van der Waals surface area contributed by atoms with E-state index in [2.05, 4.69) is 4.98 Å². The summed E-state index contributed by atoms with van der Waals surface area (Å²) in [5.41, 5.74) is 5.14. The van der Waals surface area contributed by atoms with Crippen molar-refractivity contribution in [3.63, 3.8) is 0 Å². The number of nitrogens with two attached hydrogens (primary N) is 1. The predicted molar refractivity (Wildman–Crippen MR) is 49.1 cm³/mol. The zero-order valence-electron chi connectivity index (χ0n) is 7.17. The van der Waals surface area contributed by atoms with Gasteiger partial charge in [-0.3, -0.25) is 4.98 Å². The number of aliphatic hydroxyl groups is 1. The zero-order valence-corrected chi connectivity index (χ0v) is 7.93. The third-order valence-electron chi connectivity index (χ3n) is 1.73. The predicted octanol–water partition coefficient (Wildman–Crippen LogP) is 1.83. The largest absolute Gasteiger partial charge is 0.398 e. The molecule has 0 radical (unpaired) electrons. The first-order valence-electron chi connectivity index (χ1n) is 3.83. The number of alkyl halides is 3. The van der Waals surface area contributed by atoms with E-state index < -0.39 is 18.6 Å². The molecular formula is C8H9ClF2N2O. The minimum absolute atomic E-state index is 0.0702. The Labute approximate surface area is 84.5 Å². The van der Waals surface area contributed by atoms with Crippen molar-refractivity contribution in [1.82, 2.24) is 4.98 Å². The van der Waals surface area contributed by atoms with Crippen LogP contribution < -0.4 is 5.73 Å². The van der Waals surface area contributed by atoms with Crippen molar-refractivity contribution < 1.29 is 13.9 Å². The number of hydrogen-bond donors (Lipinski definition) is 2. The van der Waals surface area contributed by atoms with E-state index in [-0.39, 0.29) is 17.3 Å². The molecule has 1 aromatic heterocycles. The number of aromatic nitrogens is 1. The molecule has 1 rings (SSSR count). The molecule has 6 heteroatoms. The van der Waals surface area contributed by atoms with E-state index in [0.717, 1.165) is 0 Å². The quantitative estimate of drug-likeness (QED) is 0.768. The van der Waals surface area contributed by atoms with Gasteiger partial charge in [0.05, 0.1) is 29.4 Å². The molecule has 1 aromatic rings. The lowest BCUT2D eigenvalue weighted by Crippen LogP contribution is -2.06. The van der Waals surface area contributed by atoms with Crippen LogP contribution in [0.25, 0.3) is 0 Å². The molecule has 0 aliphatic rings. The lowest BCUT2D eigenvalue weighted by Gasteiger charge is -2.10. The van der Waals surface area contributed by atoms with Gasteiger partial charge in [-0.15, -0.1) is 11.6 Å². The molecule has 0 unspecified atom stereocenters. The van der Waals surface area contributed by atoms with E-state index in [0.29, 0.717) is 5.69 Å². The molecule has 0 saturated heterocycles.